The van der Waals surface area contributed by atoms with Gasteiger partial charge in [-0.25, -0.2) is 0 Å². The van der Waals surface area contributed by atoms with Crippen molar-refractivity contribution in [3.63, 3.8) is 0 Å². The zero-order chi connectivity index (χ0) is 36.4. The SMILES string of the molecule is CC(=O)O[C@@H](CC[C@@H]1[C@H]2[C@@H](OC(C)=O)CCC[C@@H]2C=C[C@@H]1C)C[C@@H](CCO[Si](c1ccccc1)(c1ccccc1)C(C)(C)C)OC1CCCCO1. The summed E-state index contributed by atoms with van der Waals surface area (Å²) >= 11 is 0. The Morgan fingerprint density at radius 1 is 0.843 bits per heavy atom. The van der Waals surface area contributed by atoms with Crippen molar-refractivity contribution in [2.24, 2.45) is 23.7 Å². The predicted molar refractivity (Wildman–Crippen MR) is 204 cm³/mol. The van der Waals surface area contributed by atoms with Gasteiger partial charge in [0.1, 0.15) is 12.2 Å². The minimum absolute atomic E-state index is 0.0658. The van der Waals surface area contributed by atoms with Gasteiger partial charge in [0.15, 0.2) is 6.29 Å². The first-order valence-corrected chi connectivity index (χ1v) is 21.4. The Labute approximate surface area is 307 Å². The number of ether oxygens (including phenoxy) is 4. The second-order valence-corrected chi connectivity index (χ2v) is 20.4. The number of carbonyl (C=O) groups excluding carboxylic acids is 2. The van der Waals surface area contributed by atoms with Crippen LogP contribution in [0, 0.1) is 23.7 Å². The molecule has 5 rings (SSSR count). The van der Waals surface area contributed by atoms with Crippen molar-refractivity contribution < 1.29 is 33.0 Å². The first kappa shape index (κ1) is 39.4. The third kappa shape index (κ3) is 10.2. The molecule has 0 N–H and O–H groups in total. The molecule has 1 saturated heterocycles. The lowest BCUT2D eigenvalue weighted by molar-refractivity contribution is -0.197. The summed E-state index contributed by atoms with van der Waals surface area (Å²) < 4.78 is 32.1. The third-order valence-corrected chi connectivity index (χ3v) is 16.5. The molecule has 0 spiro atoms. The molecule has 8 heteroatoms. The Bertz CT molecular complexity index is 1360. The molecule has 1 unspecified atom stereocenters. The van der Waals surface area contributed by atoms with Crippen molar-refractivity contribution in [3.05, 3.63) is 72.8 Å². The van der Waals surface area contributed by atoms with Crippen molar-refractivity contribution >= 4 is 30.6 Å². The van der Waals surface area contributed by atoms with Crippen molar-refractivity contribution in [2.45, 2.75) is 135 Å². The van der Waals surface area contributed by atoms with Gasteiger partial charge in [-0.05, 0) is 91.0 Å². The molecule has 51 heavy (non-hydrogen) atoms. The van der Waals surface area contributed by atoms with E-state index in [1.54, 1.807) is 0 Å². The molecular formula is C43H62O7Si. The van der Waals surface area contributed by atoms with Crippen LogP contribution in [0.1, 0.15) is 106 Å². The van der Waals surface area contributed by atoms with E-state index < -0.39 is 8.32 Å². The normalized spacial score (nSPS) is 26.5. The van der Waals surface area contributed by atoms with Gasteiger partial charge in [0.25, 0.3) is 8.32 Å². The van der Waals surface area contributed by atoms with E-state index in [9.17, 15) is 9.59 Å². The highest BCUT2D eigenvalue weighted by atomic mass is 28.4. The maximum atomic E-state index is 12.5. The lowest BCUT2D eigenvalue weighted by Crippen LogP contribution is -2.66. The minimum atomic E-state index is -2.73. The van der Waals surface area contributed by atoms with Gasteiger partial charge >= 0.3 is 11.9 Å². The monoisotopic (exact) mass is 718 g/mol. The molecule has 2 aromatic rings. The highest BCUT2D eigenvalue weighted by molar-refractivity contribution is 6.99. The summed E-state index contributed by atoms with van der Waals surface area (Å²) in [6.45, 7) is 13.4. The fourth-order valence-corrected chi connectivity index (χ4v) is 13.7. The summed E-state index contributed by atoms with van der Waals surface area (Å²) in [5, 5.41) is 2.36. The van der Waals surface area contributed by atoms with E-state index >= 15 is 0 Å². The van der Waals surface area contributed by atoms with E-state index in [1.165, 1.54) is 24.2 Å². The van der Waals surface area contributed by atoms with Crippen LogP contribution >= 0.6 is 0 Å². The molecule has 2 aromatic carbocycles. The minimum Gasteiger partial charge on any atom is -0.462 e. The number of benzene rings is 2. The van der Waals surface area contributed by atoms with E-state index in [0.717, 1.165) is 51.4 Å². The molecule has 1 heterocycles. The Kier molecular flexibility index (Phi) is 14.2. The molecule has 1 saturated carbocycles. The van der Waals surface area contributed by atoms with E-state index in [2.05, 4.69) is 101 Å². The van der Waals surface area contributed by atoms with Crippen LogP contribution in [0.3, 0.4) is 0 Å². The fourth-order valence-electron chi connectivity index (χ4n) is 9.16. The molecule has 8 atom stereocenters. The van der Waals surface area contributed by atoms with Crippen LogP contribution in [0.15, 0.2) is 72.8 Å². The Morgan fingerprint density at radius 3 is 2.12 bits per heavy atom. The van der Waals surface area contributed by atoms with Crippen molar-refractivity contribution in [2.75, 3.05) is 13.2 Å². The summed E-state index contributed by atoms with van der Waals surface area (Å²) in [5.41, 5.74) is 0. The molecule has 3 aliphatic rings. The molecule has 280 valence electrons. The molecule has 7 nitrogen and oxygen atoms in total. The number of allylic oxidation sites excluding steroid dienone is 2. The largest absolute Gasteiger partial charge is 0.462 e. The van der Waals surface area contributed by atoms with Crippen LogP contribution in [0.5, 0.6) is 0 Å². The van der Waals surface area contributed by atoms with Gasteiger partial charge in [0.05, 0.1) is 6.10 Å². The summed E-state index contributed by atoms with van der Waals surface area (Å²) in [7, 11) is -2.73. The third-order valence-electron chi connectivity index (χ3n) is 11.4. The Morgan fingerprint density at radius 2 is 1.53 bits per heavy atom. The molecule has 2 fully saturated rings. The summed E-state index contributed by atoms with van der Waals surface area (Å²) in [5.74, 6) is 0.897. The van der Waals surface area contributed by atoms with Gasteiger partial charge in [0, 0.05) is 39.4 Å². The van der Waals surface area contributed by atoms with E-state index in [4.69, 9.17) is 23.4 Å². The van der Waals surface area contributed by atoms with Crippen molar-refractivity contribution in [3.8, 4) is 0 Å². The van der Waals surface area contributed by atoms with Crippen LogP contribution in [0.25, 0.3) is 0 Å². The standard InChI is InChI=1S/C43H62O7Si/c1-31-23-24-34-16-15-21-40(49-33(3)45)42(34)39(31)26-25-35(48-32(2)44)30-36(50-41-22-13-14-28-46-41)27-29-47-51(43(4,5)6,37-17-9-7-10-18-37)38-19-11-8-12-20-38/h7-12,17-20,23-24,31,34-36,39-42H,13-16,21-22,25-30H2,1-6H3/t31-,34+,35-,36+,39-,40-,41?,42-/m0/s1. The van der Waals surface area contributed by atoms with Gasteiger partial charge in [-0.2, -0.15) is 0 Å². The lowest BCUT2D eigenvalue weighted by Gasteiger charge is -2.45. The van der Waals surface area contributed by atoms with Gasteiger partial charge in [-0.15, -0.1) is 0 Å². The number of hydrogen-bond acceptors (Lipinski definition) is 7. The van der Waals surface area contributed by atoms with Crippen LogP contribution in [-0.4, -0.2) is 58.1 Å². The smallest absolute Gasteiger partial charge is 0.302 e. The topological polar surface area (TPSA) is 80.3 Å². The first-order valence-electron chi connectivity index (χ1n) is 19.5. The fraction of sp³-hybridized carbons (Fsp3) is 0.628. The maximum absolute atomic E-state index is 12.5. The summed E-state index contributed by atoms with van der Waals surface area (Å²) in [4.78, 5) is 24.6. The number of fused-ring (bicyclic) bond motifs is 1. The average molecular weight is 719 g/mol. The van der Waals surface area contributed by atoms with Gasteiger partial charge in [-0.3, -0.25) is 9.59 Å². The Balaban J connectivity index is 1.35. The van der Waals surface area contributed by atoms with Crippen molar-refractivity contribution in [1.29, 1.82) is 0 Å². The molecule has 0 bridgehead atoms. The number of esters is 2. The van der Waals surface area contributed by atoms with Crippen molar-refractivity contribution in [1.82, 2.24) is 0 Å². The zero-order valence-corrected chi connectivity index (χ0v) is 32.9. The second-order valence-electron chi connectivity index (χ2n) is 16.1. The quantitative estimate of drug-likeness (QED) is 0.105. The first-order chi connectivity index (χ1) is 24.5. The molecule has 0 aromatic heterocycles. The van der Waals surface area contributed by atoms with Gasteiger partial charge in [-0.1, -0.05) is 101 Å². The summed E-state index contributed by atoms with van der Waals surface area (Å²) in [6, 6.07) is 21.4. The highest BCUT2D eigenvalue weighted by Crippen LogP contribution is 2.46. The average Bonchev–Trinajstić information content (AvgIpc) is 3.10. The maximum Gasteiger partial charge on any atom is 0.302 e. The lowest BCUT2D eigenvalue weighted by atomic mass is 9.62. The molecule has 0 amide bonds. The highest BCUT2D eigenvalue weighted by Gasteiger charge is 2.50. The van der Waals surface area contributed by atoms with E-state index in [1.807, 2.05) is 0 Å². The van der Waals surface area contributed by atoms with Crippen LogP contribution in [0.2, 0.25) is 5.04 Å². The number of hydrogen-bond donors (Lipinski definition) is 0. The number of rotatable bonds is 15. The van der Waals surface area contributed by atoms with Crippen LogP contribution in [-0.2, 0) is 33.0 Å². The zero-order valence-electron chi connectivity index (χ0n) is 31.9. The van der Waals surface area contributed by atoms with Gasteiger partial charge < -0.3 is 23.4 Å². The number of carbonyl (C=O) groups is 2. The molecule has 0 radical (unpaired) electrons. The predicted octanol–water partition coefficient (Wildman–Crippen LogP) is 8.14. The second kappa shape index (κ2) is 18.3. The van der Waals surface area contributed by atoms with E-state index in [-0.39, 0.29) is 47.5 Å². The van der Waals surface area contributed by atoms with Crippen LogP contribution < -0.4 is 10.4 Å². The van der Waals surface area contributed by atoms with Crippen LogP contribution in [0.4, 0.5) is 0 Å². The Hall–Kier alpha value is -2.78. The molecule has 2 aliphatic carbocycles. The van der Waals surface area contributed by atoms with Gasteiger partial charge in [0.2, 0.25) is 0 Å². The van der Waals surface area contributed by atoms with E-state index in [0.29, 0.717) is 43.8 Å². The molecule has 1 aliphatic heterocycles. The molecular weight excluding hydrogens is 657 g/mol. The summed E-state index contributed by atoms with van der Waals surface area (Å²) in [6.07, 6.45) is 12.7.